The molecule has 4 nitrogen and oxygen atoms in total. The molecule has 0 aliphatic carbocycles. The maximum atomic E-state index is 10.9. The summed E-state index contributed by atoms with van der Waals surface area (Å²) < 4.78 is 0. The number of benzene rings is 1. The Morgan fingerprint density at radius 3 is 2.75 bits per heavy atom. The minimum atomic E-state index is 0.0721. The average Bonchev–Trinajstić information content (AvgIpc) is 2.43. The van der Waals surface area contributed by atoms with Gasteiger partial charge >= 0.3 is 0 Å². The van der Waals surface area contributed by atoms with Gasteiger partial charge in [-0.2, -0.15) is 0 Å². The van der Waals surface area contributed by atoms with Crippen LogP contribution >= 0.6 is 0 Å². The molecule has 1 fully saturated rings. The number of carbonyl (C=O) groups is 1. The first-order chi connectivity index (χ1) is 9.56. The van der Waals surface area contributed by atoms with Crippen molar-refractivity contribution in [2.45, 2.75) is 33.2 Å². The molecular formula is C16H25N3O. The van der Waals surface area contributed by atoms with E-state index in [0.717, 1.165) is 44.7 Å². The number of amides is 1. The van der Waals surface area contributed by atoms with E-state index in [0.29, 0.717) is 5.92 Å². The maximum Gasteiger partial charge on any atom is 0.216 e. The second-order valence-corrected chi connectivity index (χ2v) is 5.79. The Balaban J connectivity index is 1.82. The zero-order valence-corrected chi connectivity index (χ0v) is 12.5. The molecule has 0 radical (unpaired) electrons. The van der Waals surface area contributed by atoms with Crippen LogP contribution < -0.4 is 11.1 Å². The second kappa shape index (κ2) is 6.75. The van der Waals surface area contributed by atoms with Crippen LogP contribution in [-0.4, -0.2) is 30.4 Å². The van der Waals surface area contributed by atoms with Crippen LogP contribution in [0.2, 0.25) is 0 Å². The summed E-state index contributed by atoms with van der Waals surface area (Å²) >= 11 is 0. The maximum absolute atomic E-state index is 10.9. The average molecular weight is 275 g/mol. The molecule has 1 heterocycles. The SMILES string of the molecule is CC(=O)NCC1CCN(Cc2cccc(N)c2C)CC1. The van der Waals surface area contributed by atoms with Crippen LogP contribution in [0.3, 0.4) is 0 Å². The fraction of sp³-hybridized carbons (Fsp3) is 0.562. The molecule has 4 heteroatoms. The van der Waals surface area contributed by atoms with E-state index in [2.05, 4.69) is 23.2 Å². The number of nitrogens with one attached hydrogen (secondary N) is 1. The fourth-order valence-electron chi connectivity index (χ4n) is 2.75. The van der Waals surface area contributed by atoms with Crippen molar-refractivity contribution in [3.63, 3.8) is 0 Å². The molecule has 1 aromatic carbocycles. The first-order valence-electron chi connectivity index (χ1n) is 7.37. The van der Waals surface area contributed by atoms with Crippen molar-refractivity contribution in [1.82, 2.24) is 10.2 Å². The van der Waals surface area contributed by atoms with E-state index in [-0.39, 0.29) is 5.91 Å². The van der Waals surface area contributed by atoms with Crippen LogP contribution in [0.4, 0.5) is 5.69 Å². The second-order valence-electron chi connectivity index (χ2n) is 5.79. The van der Waals surface area contributed by atoms with Crippen LogP contribution in [0.25, 0.3) is 0 Å². The summed E-state index contributed by atoms with van der Waals surface area (Å²) in [5.41, 5.74) is 9.36. The van der Waals surface area contributed by atoms with E-state index >= 15 is 0 Å². The highest BCUT2D eigenvalue weighted by Gasteiger charge is 2.19. The van der Waals surface area contributed by atoms with Crippen molar-refractivity contribution in [3.8, 4) is 0 Å². The monoisotopic (exact) mass is 275 g/mol. The van der Waals surface area contributed by atoms with E-state index < -0.39 is 0 Å². The van der Waals surface area contributed by atoms with Crippen molar-refractivity contribution >= 4 is 11.6 Å². The number of hydrogen-bond acceptors (Lipinski definition) is 3. The molecule has 1 saturated heterocycles. The van der Waals surface area contributed by atoms with Gasteiger partial charge in [0.2, 0.25) is 5.91 Å². The number of piperidine rings is 1. The summed E-state index contributed by atoms with van der Waals surface area (Å²) in [5.74, 6) is 0.694. The molecule has 0 spiro atoms. The topological polar surface area (TPSA) is 58.4 Å². The number of nitrogen functional groups attached to an aromatic ring is 1. The van der Waals surface area contributed by atoms with Crippen molar-refractivity contribution in [3.05, 3.63) is 29.3 Å². The van der Waals surface area contributed by atoms with Crippen LogP contribution in [0, 0.1) is 12.8 Å². The molecule has 2 rings (SSSR count). The van der Waals surface area contributed by atoms with Crippen LogP contribution in [0.5, 0.6) is 0 Å². The molecule has 0 atom stereocenters. The molecule has 1 aromatic rings. The van der Waals surface area contributed by atoms with Gasteiger partial charge in [-0.1, -0.05) is 12.1 Å². The van der Waals surface area contributed by atoms with Gasteiger partial charge in [-0.25, -0.2) is 0 Å². The van der Waals surface area contributed by atoms with Crippen molar-refractivity contribution in [1.29, 1.82) is 0 Å². The first-order valence-corrected chi connectivity index (χ1v) is 7.37. The molecule has 3 N–H and O–H groups in total. The van der Waals surface area contributed by atoms with Gasteiger partial charge in [0, 0.05) is 25.7 Å². The van der Waals surface area contributed by atoms with Gasteiger partial charge in [0.15, 0.2) is 0 Å². The van der Waals surface area contributed by atoms with Gasteiger partial charge in [-0.05, 0) is 56.0 Å². The fourth-order valence-corrected chi connectivity index (χ4v) is 2.75. The summed E-state index contributed by atoms with van der Waals surface area (Å²) in [5, 5.41) is 2.92. The third-order valence-corrected chi connectivity index (χ3v) is 4.23. The Hall–Kier alpha value is -1.55. The summed E-state index contributed by atoms with van der Waals surface area (Å²) in [6.07, 6.45) is 2.31. The van der Waals surface area contributed by atoms with Crippen LogP contribution in [0.15, 0.2) is 18.2 Å². The van der Waals surface area contributed by atoms with E-state index in [9.17, 15) is 4.79 Å². The van der Waals surface area contributed by atoms with Gasteiger partial charge in [-0.3, -0.25) is 9.69 Å². The van der Waals surface area contributed by atoms with Crippen LogP contribution in [0.1, 0.15) is 30.9 Å². The van der Waals surface area contributed by atoms with E-state index in [1.165, 1.54) is 11.1 Å². The molecule has 0 unspecified atom stereocenters. The smallest absolute Gasteiger partial charge is 0.216 e. The molecule has 1 aliphatic heterocycles. The molecule has 110 valence electrons. The highest BCUT2D eigenvalue weighted by molar-refractivity contribution is 5.72. The lowest BCUT2D eigenvalue weighted by Gasteiger charge is -2.32. The molecular weight excluding hydrogens is 250 g/mol. The number of carbonyl (C=O) groups excluding carboxylic acids is 1. The van der Waals surface area contributed by atoms with Crippen molar-refractivity contribution < 1.29 is 4.79 Å². The Kier molecular flexibility index (Phi) is 5.01. The number of hydrogen-bond donors (Lipinski definition) is 2. The van der Waals surface area contributed by atoms with E-state index in [1.54, 1.807) is 6.92 Å². The van der Waals surface area contributed by atoms with Gasteiger partial charge in [0.1, 0.15) is 0 Å². The van der Waals surface area contributed by atoms with Gasteiger partial charge < -0.3 is 11.1 Å². The van der Waals surface area contributed by atoms with E-state index in [1.807, 2.05) is 12.1 Å². The number of anilines is 1. The number of nitrogens with two attached hydrogens (primary N) is 1. The Morgan fingerprint density at radius 2 is 2.10 bits per heavy atom. The summed E-state index contributed by atoms with van der Waals surface area (Å²) in [6, 6.07) is 6.15. The molecule has 1 aliphatic rings. The van der Waals surface area contributed by atoms with Crippen LogP contribution in [-0.2, 0) is 11.3 Å². The summed E-state index contributed by atoms with van der Waals surface area (Å²) in [6.45, 7) is 7.66. The predicted octanol–water partition coefficient (Wildman–Crippen LogP) is 1.93. The Bertz CT molecular complexity index is 465. The lowest BCUT2D eigenvalue weighted by atomic mass is 9.96. The lowest BCUT2D eigenvalue weighted by Crippen LogP contribution is -2.37. The normalized spacial score (nSPS) is 17.1. The Labute approximate surface area is 121 Å². The predicted molar refractivity (Wildman–Crippen MR) is 82.3 cm³/mol. The third-order valence-electron chi connectivity index (χ3n) is 4.23. The van der Waals surface area contributed by atoms with E-state index in [4.69, 9.17) is 5.73 Å². The Morgan fingerprint density at radius 1 is 1.40 bits per heavy atom. The molecule has 1 amide bonds. The minimum absolute atomic E-state index is 0.0721. The van der Waals surface area contributed by atoms with Crippen molar-refractivity contribution in [2.75, 3.05) is 25.4 Å². The van der Waals surface area contributed by atoms with Gasteiger partial charge in [0.25, 0.3) is 0 Å². The molecule has 20 heavy (non-hydrogen) atoms. The molecule has 0 saturated carbocycles. The standard InChI is InChI=1S/C16H25N3O/c1-12-15(4-3-5-16(12)17)11-19-8-6-14(7-9-19)10-18-13(2)20/h3-5,14H,6-11,17H2,1-2H3,(H,18,20). The van der Waals surface area contributed by atoms with Gasteiger partial charge in [0.05, 0.1) is 0 Å². The lowest BCUT2D eigenvalue weighted by molar-refractivity contribution is -0.119. The quantitative estimate of drug-likeness (QED) is 0.825. The summed E-state index contributed by atoms with van der Waals surface area (Å²) in [4.78, 5) is 13.4. The number of likely N-dealkylation sites (tertiary alicyclic amines) is 1. The highest BCUT2D eigenvalue weighted by Crippen LogP contribution is 2.21. The number of rotatable bonds is 4. The number of nitrogens with zero attached hydrogens (tertiary/aromatic N) is 1. The minimum Gasteiger partial charge on any atom is -0.399 e. The van der Waals surface area contributed by atoms with Crippen molar-refractivity contribution in [2.24, 2.45) is 5.92 Å². The van der Waals surface area contributed by atoms with Gasteiger partial charge in [-0.15, -0.1) is 0 Å². The zero-order valence-electron chi connectivity index (χ0n) is 12.5. The first kappa shape index (κ1) is 14.9. The third kappa shape index (κ3) is 3.97. The zero-order chi connectivity index (χ0) is 14.5. The molecule has 0 bridgehead atoms. The summed E-state index contributed by atoms with van der Waals surface area (Å²) in [7, 11) is 0. The largest absolute Gasteiger partial charge is 0.399 e. The highest BCUT2D eigenvalue weighted by atomic mass is 16.1. The molecule has 0 aromatic heterocycles.